The molecule has 2 aromatic heterocycles. The fourth-order valence-electron chi connectivity index (χ4n) is 2.47. The topological polar surface area (TPSA) is 112 Å². The van der Waals surface area contributed by atoms with Gasteiger partial charge in [0.2, 0.25) is 5.43 Å². The fraction of sp³-hybridized carbons (Fsp3) is 0.308. The molecule has 0 unspecified atom stereocenters. The molecule has 4 N–H and O–H groups in total. The van der Waals surface area contributed by atoms with Crippen molar-refractivity contribution in [3.63, 3.8) is 0 Å². The van der Waals surface area contributed by atoms with E-state index in [2.05, 4.69) is 9.97 Å². The maximum absolute atomic E-state index is 14.2. The molecule has 0 saturated carbocycles. The summed E-state index contributed by atoms with van der Waals surface area (Å²) >= 11 is 0. The Bertz CT molecular complexity index is 789. The minimum absolute atomic E-state index is 0.0321. The normalized spacial score (nSPS) is 18.4. The first-order valence-electron chi connectivity index (χ1n) is 6.43. The second kappa shape index (κ2) is 4.81. The molecule has 7 nitrogen and oxygen atoms in total. The van der Waals surface area contributed by atoms with E-state index in [4.69, 9.17) is 10.8 Å². The Kier molecular flexibility index (Phi) is 3.09. The van der Waals surface area contributed by atoms with E-state index in [0.29, 0.717) is 13.1 Å². The first-order chi connectivity index (χ1) is 9.97. The number of aromatic amines is 1. The van der Waals surface area contributed by atoms with Gasteiger partial charge in [-0.25, -0.2) is 14.2 Å². The second-order valence-electron chi connectivity index (χ2n) is 5.02. The standard InChI is InChI=1S/C13H13FN4O3/c14-9-3-7-10(19)8(13(20)21)4-16-11(7)17-12(9)18-2-1-6(15)5-18/h3-4,6H,1-2,5,15H2,(H,20,21)(H,16,17,19)/t6-/m0/s1. The summed E-state index contributed by atoms with van der Waals surface area (Å²) in [5, 5.41) is 8.81. The molecular formula is C13H13FN4O3. The van der Waals surface area contributed by atoms with Gasteiger partial charge in [0.25, 0.3) is 0 Å². The van der Waals surface area contributed by atoms with Gasteiger partial charge in [0.15, 0.2) is 11.6 Å². The van der Waals surface area contributed by atoms with Gasteiger partial charge in [-0.1, -0.05) is 0 Å². The number of carboxylic acid groups (broad SMARTS) is 1. The zero-order chi connectivity index (χ0) is 15.1. The summed E-state index contributed by atoms with van der Waals surface area (Å²) in [6.07, 6.45) is 1.81. The number of carbonyl (C=O) groups is 1. The number of halogens is 1. The highest BCUT2D eigenvalue weighted by Crippen LogP contribution is 2.23. The fourth-order valence-corrected chi connectivity index (χ4v) is 2.47. The predicted molar refractivity (Wildman–Crippen MR) is 74.1 cm³/mol. The van der Waals surface area contributed by atoms with Crippen LogP contribution in [-0.2, 0) is 0 Å². The van der Waals surface area contributed by atoms with E-state index in [1.54, 1.807) is 4.90 Å². The number of rotatable bonds is 2. The molecule has 0 aliphatic carbocycles. The molecule has 0 bridgehead atoms. The van der Waals surface area contributed by atoms with Crippen LogP contribution in [0, 0.1) is 5.82 Å². The van der Waals surface area contributed by atoms with Crippen LogP contribution in [0.25, 0.3) is 11.0 Å². The lowest BCUT2D eigenvalue weighted by Gasteiger charge is -2.17. The Balaban J connectivity index is 2.15. The minimum atomic E-state index is -1.37. The molecule has 0 aromatic carbocycles. The highest BCUT2D eigenvalue weighted by Gasteiger charge is 2.24. The van der Waals surface area contributed by atoms with Crippen molar-refractivity contribution < 1.29 is 14.3 Å². The predicted octanol–water partition coefficient (Wildman–Crippen LogP) is 0.298. The number of anilines is 1. The van der Waals surface area contributed by atoms with Crippen LogP contribution in [-0.4, -0.2) is 40.2 Å². The summed E-state index contributed by atoms with van der Waals surface area (Å²) in [7, 11) is 0. The Morgan fingerprint density at radius 3 is 2.95 bits per heavy atom. The van der Waals surface area contributed by atoms with Crippen molar-refractivity contribution in [1.82, 2.24) is 9.97 Å². The smallest absolute Gasteiger partial charge is 0.341 e. The lowest BCUT2D eigenvalue weighted by atomic mass is 10.2. The van der Waals surface area contributed by atoms with Gasteiger partial charge >= 0.3 is 5.97 Å². The van der Waals surface area contributed by atoms with Crippen molar-refractivity contribution in [3.8, 4) is 0 Å². The Labute approximate surface area is 118 Å². The third-order valence-corrected chi connectivity index (χ3v) is 3.55. The van der Waals surface area contributed by atoms with Crippen LogP contribution in [0.3, 0.4) is 0 Å². The highest BCUT2D eigenvalue weighted by atomic mass is 19.1. The summed E-state index contributed by atoms with van der Waals surface area (Å²) in [5.74, 6) is -1.91. The van der Waals surface area contributed by atoms with E-state index in [-0.39, 0.29) is 22.9 Å². The number of nitrogens with zero attached hydrogens (tertiary/aromatic N) is 2. The third-order valence-electron chi connectivity index (χ3n) is 3.55. The van der Waals surface area contributed by atoms with E-state index < -0.39 is 22.8 Å². The molecule has 8 heteroatoms. The van der Waals surface area contributed by atoms with Gasteiger partial charge < -0.3 is 20.7 Å². The number of H-pyrrole nitrogens is 1. The van der Waals surface area contributed by atoms with Crippen LogP contribution in [0.2, 0.25) is 0 Å². The number of hydrogen-bond donors (Lipinski definition) is 3. The van der Waals surface area contributed by atoms with Crippen molar-refractivity contribution in [2.24, 2.45) is 5.73 Å². The van der Waals surface area contributed by atoms with Gasteiger partial charge in [-0.05, 0) is 12.5 Å². The van der Waals surface area contributed by atoms with E-state index in [0.717, 1.165) is 18.7 Å². The molecule has 110 valence electrons. The third kappa shape index (κ3) is 2.23. The maximum Gasteiger partial charge on any atom is 0.341 e. The molecular weight excluding hydrogens is 279 g/mol. The largest absolute Gasteiger partial charge is 0.477 e. The van der Waals surface area contributed by atoms with Gasteiger partial charge in [0.05, 0.1) is 5.39 Å². The van der Waals surface area contributed by atoms with Gasteiger partial charge in [-0.3, -0.25) is 4.79 Å². The molecule has 0 radical (unpaired) electrons. The molecule has 1 aliphatic heterocycles. The molecule has 1 atom stereocenters. The summed E-state index contributed by atoms with van der Waals surface area (Å²) in [6, 6.07) is 0.989. The zero-order valence-electron chi connectivity index (χ0n) is 11.0. The molecule has 1 aliphatic rings. The molecule has 1 fully saturated rings. The molecule has 21 heavy (non-hydrogen) atoms. The van der Waals surface area contributed by atoms with E-state index >= 15 is 0 Å². The first-order valence-corrected chi connectivity index (χ1v) is 6.43. The maximum atomic E-state index is 14.2. The summed E-state index contributed by atoms with van der Waals surface area (Å²) in [6.45, 7) is 1.08. The van der Waals surface area contributed by atoms with Crippen molar-refractivity contribution in [2.45, 2.75) is 12.5 Å². The zero-order valence-corrected chi connectivity index (χ0v) is 11.0. The summed E-state index contributed by atoms with van der Waals surface area (Å²) in [4.78, 5) is 31.3. The van der Waals surface area contributed by atoms with Crippen LogP contribution < -0.4 is 16.1 Å². The number of nitrogens with one attached hydrogen (secondary N) is 1. The van der Waals surface area contributed by atoms with Gasteiger partial charge in [0.1, 0.15) is 11.2 Å². The second-order valence-corrected chi connectivity index (χ2v) is 5.02. The van der Waals surface area contributed by atoms with E-state index in [9.17, 15) is 14.0 Å². The van der Waals surface area contributed by atoms with Crippen LogP contribution >= 0.6 is 0 Å². The quantitative estimate of drug-likeness (QED) is 0.733. The monoisotopic (exact) mass is 292 g/mol. The molecule has 3 heterocycles. The van der Waals surface area contributed by atoms with Crippen LogP contribution in [0.4, 0.5) is 10.2 Å². The average Bonchev–Trinajstić information content (AvgIpc) is 2.85. The molecule has 1 saturated heterocycles. The van der Waals surface area contributed by atoms with Gasteiger partial charge in [-0.2, -0.15) is 0 Å². The number of hydrogen-bond acceptors (Lipinski definition) is 5. The average molecular weight is 292 g/mol. The van der Waals surface area contributed by atoms with Crippen LogP contribution in [0.1, 0.15) is 16.8 Å². The number of aromatic carboxylic acids is 1. The number of fused-ring (bicyclic) bond motifs is 1. The van der Waals surface area contributed by atoms with Crippen molar-refractivity contribution >= 4 is 22.8 Å². The van der Waals surface area contributed by atoms with Gasteiger partial charge in [0, 0.05) is 25.3 Å². The van der Waals surface area contributed by atoms with Crippen molar-refractivity contribution in [2.75, 3.05) is 18.0 Å². The Morgan fingerprint density at radius 2 is 2.33 bits per heavy atom. The summed E-state index contributed by atoms with van der Waals surface area (Å²) in [5.41, 5.74) is 4.74. The van der Waals surface area contributed by atoms with Crippen LogP contribution in [0.15, 0.2) is 17.1 Å². The Hall–Kier alpha value is -2.48. The molecule has 0 spiro atoms. The number of nitrogens with two attached hydrogens (primary N) is 1. The van der Waals surface area contributed by atoms with Crippen LogP contribution in [0.5, 0.6) is 0 Å². The molecule has 0 amide bonds. The summed E-state index contributed by atoms with van der Waals surface area (Å²) < 4.78 is 14.2. The SMILES string of the molecule is N[C@H]1CCN(c2nc3[nH]cc(C(=O)O)c(=O)c3cc2F)C1. The number of carboxylic acids is 1. The first kappa shape index (κ1) is 13.5. The molecule has 3 rings (SSSR count). The van der Waals surface area contributed by atoms with Gasteiger partial charge in [-0.15, -0.1) is 0 Å². The van der Waals surface area contributed by atoms with E-state index in [1.165, 1.54) is 0 Å². The molecule has 2 aromatic rings. The lowest BCUT2D eigenvalue weighted by Crippen LogP contribution is -2.28. The number of aromatic nitrogens is 2. The highest BCUT2D eigenvalue weighted by molar-refractivity contribution is 5.91. The Morgan fingerprint density at radius 1 is 1.57 bits per heavy atom. The van der Waals surface area contributed by atoms with E-state index in [1.807, 2.05) is 0 Å². The number of pyridine rings is 2. The van der Waals surface area contributed by atoms with Crippen molar-refractivity contribution in [3.05, 3.63) is 33.9 Å². The van der Waals surface area contributed by atoms with Crippen molar-refractivity contribution in [1.29, 1.82) is 0 Å². The minimum Gasteiger partial charge on any atom is -0.477 e. The lowest BCUT2D eigenvalue weighted by molar-refractivity contribution is 0.0695.